The molecule has 6 heteroatoms. The lowest BCUT2D eigenvalue weighted by atomic mass is 9.92. The van der Waals surface area contributed by atoms with Crippen LogP contribution < -0.4 is 10.6 Å². The molecule has 2 aliphatic rings. The van der Waals surface area contributed by atoms with E-state index >= 15 is 0 Å². The fourth-order valence-electron chi connectivity index (χ4n) is 2.99. The van der Waals surface area contributed by atoms with Gasteiger partial charge in [-0.15, -0.1) is 11.3 Å². The van der Waals surface area contributed by atoms with E-state index in [0.717, 1.165) is 48.5 Å². The molecular formula is C15H20N4OS. The van der Waals surface area contributed by atoms with Crippen LogP contribution in [0.1, 0.15) is 35.8 Å². The molecule has 0 spiro atoms. The second-order valence-corrected chi connectivity index (χ2v) is 6.77. The topological polar surface area (TPSA) is 69.4 Å². The molecule has 0 fully saturated rings. The van der Waals surface area contributed by atoms with Crippen LogP contribution in [0.4, 0.5) is 5.00 Å². The number of nitrogens with one attached hydrogen (secondary N) is 2. The van der Waals surface area contributed by atoms with Crippen LogP contribution >= 0.6 is 11.3 Å². The maximum atomic E-state index is 9.30. The van der Waals surface area contributed by atoms with Gasteiger partial charge in [0.15, 0.2) is 0 Å². The number of nitriles is 1. The minimum absolute atomic E-state index is 0.216. The van der Waals surface area contributed by atoms with Crippen LogP contribution in [-0.2, 0) is 17.7 Å². The minimum Gasteiger partial charge on any atom is -0.392 e. The summed E-state index contributed by atoms with van der Waals surface area (Å²) in [6, 6.07) is 2.81. The zero-order chi connectivity index (χ0) is 14.8. The van der Waals surface area contributed by atoms with E-state index in [2.05, 4.69) is 21.9 Å². The molecule has 0 radical (unpaired) electrons. The largest absolute Gasteiger partial charge is 0.392 e. The zero-order valence-corrected chi connectivity index (χ0v) is 13.2. The number of hydrogen-bond donors (Lipinski definition) is 2. The summed E-state index contributed by atoms with van der Waals surface area (Å²) < 4.78 is 0. The molecule has 21 heavy (non-hydrogen) atoms. The van der Waals surface area contributed by atoms with Crippen LogP contribution in [0.3, 0.4) is 0 Å². The summed E-state index contributed by atoms with van der Waals surface area (Å²) in [4.78, 5) is 6.56. The smallest absolute Gasteiger partial charge is 0.130 e. The lowest BCUT2D eigenvalue weighted by molar-refractivity contribution is 0.0995. The molecule has 0 amide bonds. The zero-order valence-electron chi connectivity index (χ0n) is 12.4. The Kier molecular flexibility index (Phi) is 4.13. The second kappa shape index (κ2) is 6.04. The highest BCUT2D eigenvalue weighted by atomic mass is 32.1. The maximum absolute atomic E-state index is 9.30. The van der Waals surface area contributed by atoms with Gasteiger partial charge in [0.2, 0.25) is 0 Å². The van der Waals surface area contributed by atoms with Crippen molar-refractivity contribution >= 4 is 22.0 Å². The van der Waals surface area contributed by atoms with Crippen LogP contribution in [0.2, 0.25) is 0 Å². The van der Waals surface area contributed by atoms with Gasteiger partial charge in [-0.25, -0.2) is 0 Å². The van der Waals surface area contributed by atoms with E-state index in [1.54, 1.807) is 11.3 Å². The average Bonchev–Trinajstić information content (AvgIpc) is 3.07. The molecule has 1 aromatic heterocycles. The van der Waals surface area contributed by atoms with E-state index in [-0.39, 0.29) is 6.10 Å². The monoisotopic (exact) mass is 304 g/mol. The first-order valence-corrected chi connectivity index (χ1v) is 8.20. The van der Waals surface area contributed by atoms with Gasteiger partial charge in [-0.1, -0.05) is 5.16 Å². The van der Waals surface area contributed by atoms with Crippen molar-refractivity contribution in [3.63, 3.8) is 0 Å². The highest BCUT2D eigenvalue weighted by Gasteiger charge is 2.26. The van der Waals surface area contributed by atoms with Gasteiger partial charge in [0.1, 0.15) is 17.2 Å². The molecular weight excluding hydrogens is 284 g/mol. The Morgan fingerprint density at radius 1 is 1.48 bits per heavy atom. The standard InChI is InChI=1S/C15H20N4OS/c1-9-5-11(19-20-9)8-18-10-3-4-12-13(7-16)15(17-2)21-14(12)6-10/h9-10,17-18H,3-6,8H2,1-2H3. The van der Waals surface area contributed by atoms with E-state index in [9.17, 15) is 5.26 Å². The van der Waals surface area contributed by atoms with Crippen molar-refractivity contribution in [1.29, 1.82) is 5.26 Å². The van der Waals surface area contributed by atoms with Crippen molar-refractivity contribution in [2.45, 2.75) is 44.8 Å². The number of hydrogen-bond acceptors (Lipinski definition) is 6. The molecule has 5 nitrogen and oxygen atoms in total. The van der Waals surface area contributed by atoms with Crippen LogP contribution in [0.15, 0.2) is 5.16 Å². The van der Waals surface area contributed by atoms with Crippen molar-refractivity contribution in [3.8, 4) is 6.07 Å². The van der Waals surface area contributed by atoms with Gasteiger partial charge in [-0.05, 0) is 31.7 Å². The Morgan fingerprint density at radius 3 is 3.00 bits per heavy atom. The van der Waals surface area contributed by atoms with Gasteiger partial charge in [0, 0.05) is 30.9 Å². The highest BCUT2D eigenvalue weighted by molar-refractivity contribution is 7.16. The third kappa shape index (κ3) is 2.89. The normalized spacial score (nSPS) is 24.0. The van der Waals surface area contributed by atoms with Crippen molar-refractivity contribution in [3.05, 3.63) is 16.0 Å². The molecule has 3 rings (SSSR count). The summed E-state index contributed by atoms with van der Waals surface area (Å²) in [7, 11) is 1.88. The average molecular weight is 304 g/mol. The van der Waals surface area contributed by atoms with E-state index in [0.29, 0.717) is 6.04 Å². The summed E-state index contributed by atoms with van der Waals surface area (Å²) in [6.07, 6.45) is 4.19. The Morgan fingerprint density at radius 2 is 2.33 bits per heavy atom. The van der Waals surface area contributed by atoms with Gasteiger partial charge in [0.05, 0.1) is 11.3 Å². The van der Waals surface area contributed by atoms with Crippen molar-refractivity contribution in [2.24, 2.45) is 5.16 Å². The summed E-state index contributed by atoms with van der Waals surface area (Å²) in [5.41, 5.74) is 3.20. The number of rotatable bonds is 4. The fourth-order valence-corrected chi connectivity index (χ4v) is 4.22. The SMILES string of the molecule is CNc1sc2c(c1C#N)CCC(NCC1=NOC(C)C1)C2. The summed E-state index contributed by atoms with van der Waals surface area (Å²) in [5.74, 6) is 0. The lowest BCUT2D eigenvalue weighted by Crippen LogP contribution is -2.37. The van der Waals surface area contributed by atoms with E-state index in [1.807, 2.05) is 14.0 Å². The van der Waals surface area contributed by atoms with Crippen LogP contribution in [0.5, 0.6) is 0 Å². The number of nitrogens with zero attached hydrogens (tertiary/aromatic N) is 2. The second-order valence-electron chi connectivity index (χ2n) is 5.67. The summed E-state index contributed by atoms with van der Waals surface area (Å²) >= 11 is 1.72. The third-order valence-electron chi connectivity index (χ3n) is 4.08. The predicted molar refractivity (Wildman–Crippen MR) is 85.0 cm³/mol. The molecule has 112 valence electrons. The quantitative estimate of drug-likeness (QED) is 0.895. The highest BCUT2D eigenvalue weighted by Crippen LogP contribution is 2.37. The first kappa shape index (κ1) is 14.4. The molecule has 0 bridgehead atoms. The maximum Gasteiger partial charge on any atom is 0.130 e. The van der Waals surface area contributed by atoms with Crippen LogP contribution in [-0.4, -0.2) is 31.4 Å². The predicted octanol–water partition coefficient (Wildman–Crippen LogP) is 2.27. The molecule has 2 unspecified atom stereocenters. The van der Waals surface area contributed by atoms with Crippen molar-refractivity contribution in [1.82, 2.24) is 5.32 Å². The molecule has 1 aliphatic heterocycles. The molecule has 2 heterocycles. The molecule has 1 aromatic rings. The van der Waals surface area contributed by atoms with Crippen molar-refractivity contribution < 1.29 is 4.84 Å². The Labute approximate surface area is 129 Å². The molecule has 0 aromatic carbocycles. The number of fused-ring (bicyclic) bond motifs is 1. The first-order valence-electron chi connectivity index (χ1n) is 7.38. The summed E-state index contributed by atoms with van der Waals surface area (Å²) in [6.45, 7) is 2.84. The number of thiophene rings is 1. The summed E-state index contributed by atoms with van der Waals surface area (Å²) in [5, 5.41) is 21.1. The third-order valence-corrected chi connectivity index (χ3v) is 5.36. The molecule has 0 saturated carbocycles. The number of anilines is 1. The Balaban J connectivity index is 1.62. The van der Waals surface area contributed by atoms with Gasteiger partial charge in [-0.3, -0.25) is 0 Å². The molecule has 1 aliphatic carbocycles. The van der Waals surface area contributed by atoms with E-state index in [1.165, 1.54) is 10.4 Å². The Hall–Kier alpha value is -1.58. The van der Waals surface area contributed by atoms with Gasteiger partial charge in [-0.2, -0.15) is 5.26 Å². The van der Waals surface area contributed by atoms with Crippen LogP contribution in [0.25, 0.3) is 0 Å². The van der Waals surface area contributed by atoms with Crippen LogP contribution in [0, 0.1) is 11.3 Å². The Bertz CT molecular complexity index is 602. The van der Waals surface area contributed by atoms with E-state index in [4.69, 9.17) is 4.84 Å². The fraction of sp³-hybridized carbons (Fsp3) is 0.600. The first-order chi connectivity index (χ1) is 10.2. The lowest BCUT2D eigenvalue weighted by Gasteiger charge is -2.23. The minimum atomic E-state index is 0.216. The van der Waals surface area contributed by atoms with Crippen molar-refractivity contribution in [2.75, 3.05) is 18.9 Å². The van der Waals surface area contributed by atoms with Gasteiger partial charge in [0.25, 0.3) is 0 Å². The van der Waals surface area contributed by atoms with E-state index < -0.39 is 0 Å². The molecule has 2 N–H and O–H groups in total. The van der Waals surface area contributed by atoms with Gasteiger partial charge < -0.3 is 15.5 Å². The van der Waals surface area contributed by atoms with Gasteiger partial charge >= 0.3 is 0 Å². The molecule has 2 atom stereocenters. The molecule has 0 saturated heterocycles. The number of oxime groups is 1.